The van der Waals surface area contributed by atoms with Crippen molar-refractivity contribution in [3.8, 4) is 0 Å². The van der Waals surface area contributed by atoms with Crippen molar-refractivity contribution in [2.45, 2.75) is 54.9 Å². The highest BCUT2D eigenvalue weighted by atomic mass is 32.2. The van der Waals surface area contributed by atoms with E-state index in [1.807, 2.05) is 6.07 Å². The zero-order valence-corrected chi connectivity index (χ0v) is 11.8. The second-order valence-electron chi connectivity index (χ2n) is 5.13. The molecular weight excluding hydrogens is 268 g/mol. The summed E-state index contributed by atoms with van der Waals surface area (Å²) >= 11 is 1.37. The van der Waals surface area contributed by atoms with Crippen molar-refractivity contribution in [2.24, 2.45) is 0 Å². The molecule has 3 rings (SSSR count). The van der Waals surface area contributed by atoms with Gasteiger partial charge in [0.25, 0.3) is 0 Å². The second kappa shape index (κ2) is 4.92. The predicted octanol–water partition coefficient (Wildman–Crippen LogP) is 1.83. The van der Waals surface area contributed by atoms with Gasteiger partial charge in [-0.05, 0) is 37.8 Å². The van der Waals surface area contributed by atoms with Crippen molar-refractivity contribution >= 4 is 21.4 Å². The molecule has 2 saturated carbocycles. The normalized spacial score (nSPS) is 20.9. The van der Waals surface area contributed by atoms with Crippen LogP contribution in [0.2, 0.25) is 0 Å². The van der Waals surface area contributed by atoms with Gasteiger partial charge in [0.15, 0.2) is 0 Å². The molecule has 0 unspecified atom stereocenters. The fourth-order valence-electron chi connectivity index (χ4n) is 1.93. The van der Waals surface area contributed by atoms with Crippen LogP contribution in [0.3, 0.4) is 0 Å². The fourth-order valence-corrected chi connectivity index (χ4v) is 4.56. The Morgan fingerprint density at radius 2 is 1.94 bits per heavy atom. The third-order valence-corrected chi connectivity index (χ3v) is 6.57. The number of hydrogen-bond acceptors (Lipinski definition) is 4. The molecule has 0 aromatic carbocycles. The Morgan fingerprint density at radius 3 is 2.56 bits per heavy atom. The van der Waals surface area contributed by atoms with E-state index >= 15 is 0 Å². The molecule has 2 aliphatic rings. The van der Waals surface area contributed by atoms with Gasteiger partial charge in [-0.3, -0.25) is 0 Å². The van der Waals surface area contributed by atoms with Crippen LogP contribution in [0.4, 0.5) is 0 Å². The number of nitrogens with one attached hydrogen (secondary N) is 2. The first-order valence-corrected chi connectivity index (χ1v) is 8.78. The summed E-state index contributed by atoms with van der Waals surface area (Å²) in [6, 6.07) is 4.44. The van der Waals surface area contributed by atoms with Gasteiger partial charge in [-0.25, -0.2) is 13.1 Å². The summed E-state index contributed by atoms with van der Waals surface area (Å²) in [6.07, 6.45) is 5.58. The van der Waals surface area contributed by atoms with Crippen molar-refractivity contribution in [2.75, 3.05) is 0 Å². The van der Waals surface area contributed by atoms with Crippen LogP contribution < -0.4 is 10.0 Å². The molecule has 4 nitrogen and oxygen atoms in total. The lowest BCUT2D eigenvalue weighted by molar-refractivity contribution is 0.384. The summed E-state index contributed by atoms with van der Waals surface area (Å²) in [5, 5.41) is 3.40. The van der Waals surface area contributed by atoms with Gasteiger partial charge < -0.3 is 5.32 Å². The van der Waals surface area contributed by atoms with Crippen LogP contribution in [-0.2, 0) is 16.6 Å². The van der Waals surface area contributed by atoms with E-state index < -0.39 is 10.0 Å². The molecule has 0 radical (unpaired) electrons. The maximum Gasteiger partial charge on any atom is 0.250 e. The number of hydrogen-bond donors (Lipinski definition) is 2. The first-order valence-electron chi connectivity index (χ1n) is 6.48. The van der Waals surface area contributed by atoms with Crippen LogP contribution in [0.15, 0.2) is 16.3 Å². The lowest BCUT2D eigenvalue weighted by Gasteiger charge is -2.25. The van der Waals surface area contributed by atoms with Crippen molar-refractivity contribution < 1.29 is 8.42 Å². The smallest absolute Gasteiger partial charge is 0.250 e. The number of thiophene rings is 1. The van der Waals surface area contributed by atoms with Gasteiger partial charge in [-0.15, -0.1) is 11.3 Å². The van der Waals surface area contributed by atoms with Crippen LogP contribution in [0, 0.1) is 0 Å². The third-order valence-electron chi connectivity index (χ3n) is 3.47. The summed E-state index contributed by atoms with van der Waals surface area (Å²) in [4.78, 5) is 1.09. The quantitative estimate of drug-likeness (QED) is 0.839. The van der Waals surface area contributed by atoms with E-state index in [1.165, 1.54) is 24.2 Å². The van der Waals surface area contributed by atoms with Gasteiger partial charge in [0, 0.05) is 23.5 Å². The summed E-state index contributed by atoms with van der Waals surface area (Å²) < 4.78 is 27.4. The molecular formula is C12H18N2O2S2. The zero-order valence-electron chi connectivity index (χ0n) is 10.2. The Balaban J connectivity index is 1.62. The Morgan fingerprint density at radius 1 is 1.17 bits per heavy atom. The van der Waals surface area contributed by atoms with E-state index in [4.69, 9.17) is 0 Å². The summed E-state index contributed by atoms with van der Waals surface area (Å²) in [5.41, 5.74) is 0. The SMILES string of the molecule is O=S(=O)(NC1CCC1)c1ccc(CNC2CC2)s1. The second-order valence-corrected chi connectivity index (χ2v) is 8.23. The first-order chi connectivity index (χ1) is 8.63. The highest BCUT2D eigenvalue weighted by molar-refractivity contribution is 7.91. The minimum Gasteiger partial charge on any atom is -0.309 e. The van der Waals surface area contributed by atoms with Gasteiger partial charge in [-0.1, -0.05) is 6.42 Å². The number of sulfonamides is 1. The molecule has 0 spiro atoms. The van der Waals surface area contributed by atoms with Crippen LogP contribution in [0.1, 0.15) is 37.0 Å². The lowest BCUT2D eigenvalue weighted by atomic mass is 9.94. The van der Waals surface area contributed by atoms with Crippen LogP contribution in [-0.4, -0.2) is 20.5 Å². The highest BCUT2D eigenvalue weighted by Crippen LogP contribution is 2.26. The average Bonchev–Trinajstić information content (AvgIpc) is 2.98. The van der Waals surface area contributed by atoms with Crippen molar-refractivity contribution in [1.82, 2.24) is 10.0 Å². The average molecular weight is 286 g/mol. The van der Waals surface area contributed by atoms with E-state index in [-0.39, 0.29) is 6.04 Å². The number of rotatable bonds is 6. The molecule has 18 heavy (non-hydrogen) atoms. The van der Waals surface area contributed by atoms with Crippen LogP contribution in [0.25, 0.3) is 0 Å². The topological polar surface area (TPSA) is 58.2 Å². The first kappa shape index (κ1) is 12.6. The summed E-state index contributed by atoms with van der Waals surface area (Å²) in [7, 11) is -3.28. The maximum atomic E-state index is 12.1. The van der Waals surface area contributed by atoms with Gasteiger partial charge in [-0.2, -0.15) is 0 Å². The van der Waals surface area contributed by atoms with E-state index in [0.29, 0.717) is 10.3 Å². The molecule has 0 saturated heterocycles. The molecule has 100 valence electrons. The lowest BCUT2D eigenvalue weighted by Crippen LogP contribution is -2.39. The maximum absolute atomic E-state index is 12.1. The molecule has 0 bridgehead atoms. The molecule has 0 amide bonds. The Hall–Kier alpha value is -0.430. The summed E-state index contributed by atoms with van der Waals surface area (Å²) in [6.45, 7) is 0.786. The van der Waals surface area contributed by atoms with Crippen molar-refractivity contribution in [1.29, 1.82) is 0 Å². The summed E-state index contributed by atoms with van der Waals surface area (Å²) in [5.74, 6) is 0. The molecule has 1 aromatic rings. The molecule has 2 fully saturated rings. The van der Waals surface area contributed by atoms with Gasteiger partial charge in [0.2, 0.25) is 10.0 Å². The van der Waals surface area contributed by atoms with E-state index in [2.05, 4.69) is 10.0 Å². The standard InChI is InChI=1S/C12H18N2O2S2/c15-18(16,14-10-2-1-3-10)12-7-6-11(17-12)8-13-9-4-5-9/h6-7,9-10,13-14H,1-5,8H2. The van der Waals surface area contributed by atoms with E-state index in [0.717, 1.165) is 30.7 Å². The third kappa shape index (κ3) is 2.93. The Bertz CT molecular complexity index is 516. The molecule has 1 aromatic heterocycles. The highest BCUT2D eigenvalue weighted by Gasteiger charge is 2.26. The van der Waals surface area contributed by atoms with Gasteiger partial charge in [0.05, 0.1) is 0 Å². The molecule has 6 heteroatoms. The monoisotopic (exact) mass is 286 g/mol. The zero-order chi connectivity index (χ0) is 12.6. The van der Waals surface area contributed by atoms with Gasteiger partial charge >= 0.3 is 0 Å². The minimum absolute atomic E-state index is 0.158. The van der Waals surface area contributed by atoms with Crippen LogP contribution >= 0.6 is 11.3 Å². The Kier molecular flexibility index (Phi) is 3.44. The minimum atomic E-state index is -3.28. The van der Waals surface area contributed by atoms with Crippen LogP contribution in [0.5, 0.6) is 0 Å². The molecule has 2 N–H and O–H groups in total. The van der Waals surface area contributed by atoms with Crippen molar-refractivity contribution in [3.05, 3.63) is 17.0 Å². The Labute approximate surface area is 112 Å². The predicted molar refractivity (Wildman–Crippen MR) is 72.1 cm³/mol. The molecule has 1 heterocycles. The van der Waals surface area contributed by atoms with Gasteiger partial charge in [0.1, 0.15) is 4.21 Å². The molecule has 2 aliphatic carbocycles. The molecule has 0 atom stereocenters. The fraction of sp³-hybridized carbons (Fsp3) is 0.667. The molecule has 0 aliphatic heterocycles. The van der Waals surface area contributed by atoms with E-state index in [1.54, 1.807) is 6.07 Å². The van der Waals surface area contributed by atoms with Crippen molar-refractivity contribution in [3.63, 3.8) is 0 Å². The largest absolute Gasteiger partial charge is 0.309 e. The van der Waals surface area contributed by atoms with E-state index in [9.17, 15) is 8.42 Å².